The van der Waals surface area contributed by atoms with Gasteiger partial charge >= 0.3 is 0 Å². The van der Waals surface area contributed by atoms with Crippen molar-refractivity contribution in [3.05, 3.63) is 29.6 Å². The van der Waals surface area contributed by atoms with Gasteiger partial charge in [-0.05, 0) is 37.0 Å². The third-order valence-corrected chi connectivity index (χ3v) is 3.15. The minimum atomic E-state index is -0.517. The van der Waals surface area contributed by atoms with Crippen molar-refractivity contribution in [2.24, 2.45) is 16.8 Å². The molecule has 1 aromatic rings. The SMILES string of the molecule is NC(=NO)c1ccc(OCC2CCOCC2)c(F)c1. The van der Waals surface area contributed by atoms with Gasteiger partial charge in [-0.2, -0.15) is 0 Å². The predicted molar refractivity (Wildman–Crippen MR) is 67.9 cm³/mol. The van der Waals surface area contributed by atoms with E-state index in [1.807, 2.05) is 0 Å². The molecule has 5 nitrogen and oxygen atoms in total. The van der Waals surface area contributed by atoms with E-state index in [-0.39, 0.29) is 11.6 Å². The molecule has 19 heavy (non-hydrogen) atoms. The second kappa shape index (κ2) is 6.38. The van der Waals surface area contributed by atoms with Crippen LogP contribution in [0.3, 0.4) is 0 Å². The number of nitrogens with zero attached hydrogens (tertiary/aromatic N) is 1. The van der Waals surface area contributed by atoms with Gasteiger partial charge in [0, 0.05) is 18.8 Å². The average Bonchev–Trinajstić information content (AvgIpc) is 2.46. The summed E-state index contributed by atoms with van der Waals surface area (Å²) in [6.07, 6.45) is 1.87. The van der Waals surface area contributed by atoms with E-state index in [2.05, 4.69) is 5.16 Å². The smallest absolute Gasteiger partial charge is 0.170 e. The first-order valence-electron chi connectivity index (χ1n) is 6.18. The van der Waals surface area contributed by atoms with Crippen molar-refractivity contribution in [3.63, 3.8) is 0 Å². The maximum Gasteiger partial charge on any atom is 0.170 e. The zero-order valence-corrected chi connectivity index (χ0v) is 10.5. The molecule has 1 aliphatic heterocycles. The van der Waals surface area contributed by atoms with Crippen molar-refractivity contribution in [2.45, 2.75) is 12.8 Å². The first kappa shape index (κ1) is 13.6. The van der Waals surface area contributed by atoms with Crippen LogP contribution in [0.25, 0.3) is 0 Å². The van der Waals surface area contributed by atoms with Crippen molar-refractivity contribution < 1.29 is 19.1 Å². The van der Waals surface area contributed by atoms with Gasteiger partial charge in [0.2, 0.25) is 0 Å². The molecule has 0 aliphatic carbocycles. The molecule has 0 aromatic heterocycles. The van der Waals surface area contributed by atoms with Gasteiger partial charge in [-0.15, -0.1) is 0 Å². The van der Waals surface area contributed by atoms with Crippen molar-refractivity contribution in [3.8, 4) is 5.75 Å². The molecular formula is C13H17FN2O3. The number of hydrogen-bond acceptors (Lipinski definition) is 4. The number of nitrogens with two attached hydrogens (primary N) is 1. The van der Waals surface area contributed by atoms with Crippen LogP contribution in [0.4, 0.5) is 4.39 Å². The van der Waals surface area contributed by atoms with E-state index < -0.39 is 5.82 Å². The van der Waals surface area contributed by atoms with E-state index in [1.54, 1.807) is 6.07 Å². The van der Waals surface area contributed by atoms with Gasteiger partial charge in [0.25, 0.3) is 0 Å². The summed E-state index contributed by atoms with van der Waals surface area (Å²) in [6, 6.07) is 4.23. The monoisotopic (exact) mass is 268 g/mol. The van der Waals surface area contributed by atoms with Gasteiger partial charge in [-0.1, -0.05) is 5.16 Å². The Morgan fingerprint density at radius 2 is 2.21 bits per heavy atom. The molecule has 0 amide bonds. The maximum atomic E-state index is 13.8. The third kappa shape index (κ3) is 3.57. The lowest BCUT2D eigenvalue weighted by Crippen LogP contribution is -2.21. The summed E-state index contributed by atoms with van der Waals surface area (Å²) < 4.78 is 24.5. The Morgan fingerprint density at radius 1 is 1.47 bits per heavy atom. The number of benzene rings is 1. The molecule has 3 N–H and O–H groups in total. The highest BCUT2D eigenvalue weighted by atomic mass is 19.1. The molecular weight excluding hydrogens is 251 g/mol. The fourth-order valence-corrected chi connectivity index (χ4v) is 1.96. The number of ether oxygens (including phenoxy) is 2. The Labute approximate surface area is 110 Å². The summed E-state index contributed by atoms with van der Waals surface area (Å²) in [7, 11) is 0. The molecule has 1 fully saturated rings. The van der Waals surface area contributed by atoms with E-state index in [9.17, 15) is 4.39 Å². The zero-order valence-electron chi connectivity index (χ0n) is 10.5. The third-order valence-electron chi connectivity index (χ3n) is 3.15. The van der Waals surface area contributed by atoms with Crippen LogP contribution in [0.15, 0.2) is 23.4 Å². The fourth-order valence-electron chi connectivity index (χ4n) is 1.96. The average molecular weight is 268 g/mol. The minimum absolute atomic E-state index is 0.130. The molecule has 0 atom stereocenters. The molecule has 1 heterocycles. The van der Waals surface area contributed by atoms with Gasteiger partial charge in [-0.25, -0.2) is 4.39 Å². The quantitative estimate of drug-likeness (QED) is 0.377. The highest BCUT2D eigenvalue weighted by Crippen LogP contribution is 2.21. The van der Waals surface area contributed by atoms with Crippen LogP contribution in [0.2, 0.25) is 0 Å². The van der Waals surface area contributed by atoms with E-state index in [0.717, 1.165) is 26.1 Å². The second-order valence-corrected chi connectivity index (χ2v) is 4.50. The normalized spacial score (nSPS) is 17.4. The Kier molecular flexibility index (Phi) is 4.57. The lowest BCUT2D eigenvalue weighted by molar-refractivity contribution is 0.0491. The fraction of sp³-hybridized carbons (Fsp3) is 0.462. The maximum absolute atomic E-state index is 13.8. The summed E-state index contributed by atoms with van der Waals surface area (Å²) in [6.45, 7) is 1.95. The number of hydrogen-bond donors (Lipinski definition) is 2. The van der Waals surface area contributed by atoms with Crippen LogP contribution < -0.4 is 10.5 Å². The van der Waals surface area contributed by atoms with E-state index >= 15 is 0 Å². The minimum Gasteiger partial charge on any atom is -0.490 e. The molecule has 0 spiro atoms. The van der Waals surface area contributed by atoms with Crippen LogP contribution in [-0.4, -0.2) is 30.9 Å². The second-order valence-electron chi connectivity index (χ2n) is 4.50. The van der Waals surface area contributed by atoms with Crippen LogP contribution in [-0.2, 0) is 4.74 Å². The first-order valence-corrected chi connectivity index (χ1v) is 6.18. The van der Waals surface area contributed by atoms with Gasteiger partial charge in [0.15, 0.2) is 17.4 Å². The molecule has 1 aromatic carbocycles. The standard InChI is InChI=1S/C13H17FN2O3/c14-11-7-10(13(15)16-17)1-2-12(11)19-8-9-3-5-18-6-4-9/h1-2,7,9,17H,3-6,8H2,(H2,15,16). The molecule has 6 heteroatoms. The topological polar surface area (TPSA) is 77.1 Å². The molecule has 0 unspecified atom stereocenters. The van der Waals surface area contributed by atoms with Crippen LogP contribution >= 0.6 is 0 Å². The summed E-state index contributed by atoms with van der Waals surface area (Å²) in [4.78, 5) is 0. The number of amidine groups is 1. The largest absolute Gasteiger partial charge is 0.490 e. The van der Waals surface area contributed by atoms with Crippen molar-refractivity contribution in [1.29, 1.82) is 0 Å². The van der Waals surface area contributed by atoms with Crippen LogP contribution in [0.5, 0.6) is 5.75 Å². The lowest BCUT2D eigenvalue weighted by Gasteiger charge is -2.22. The predicted octanol–water partition coefficient (Wildman–Crippen LogP) is 1.73. The highest BCUT2D eigenvalue weighted by Gasteiger charge is 2.15. The van der Waals surface area contributed by atoms with Crippen LogP contribution in [0, 0.1) is 11.7 Å². The lowest BCUT2D eigenvalue weighted by atomic mass is 10.0. The number of halogens is 1. The van der Waals surface area contributed by atoms with Crippen molar-refractivity contribution >= 4 is 5.84 Å². The summed E-state index contributed by atoms with van der Waals surface area (Å²) in [5.41, 5.74) is 5.70. The molecule has 2 rings (SSSR count). The Morgan fingerprint density at radius 3 is 2.84 bits per heavy atom. The van der Waals surface area contributed by atoms with E-state index in [1.165, 1.54) is 12.1 Å². The number of oxime groups is 1. The van der Waals surface area contributed by atoms with Crippen LogP contribution in [0.1, 0.15) is 18.4 Å². The Balaban J connectivity index is 1.97. The molecule has 104 valence electrons. The van der Waals surface area contributed by atoms with E-state index in [4.69, 9.17) is 20.4 Å². The van der Waals surface area contributed by atoms with Gasteiger partial charge in [-0.3, -0.25) is 0 Å². The van der Waals surface area contributed by atoms with Crippen molar-refractivity contribution in [2.75, 3.05) is 19.8 Å². The Bertz CT molecular complexity index is 459. The zero-order chi connectivity index (χ0) is 13.7. The highest BCUT2D eigenvalue weighted by molar-refractivity contribution is 5.97. The Hall–Kier alpha value is -1.82. The van der Waals surface area contributed by atoms with E-state index in [0.29, 0.717) is 18.1 Å². The summed E-state index contributed by atoms with van der Waals surface area (Å²) in [5.74, 6) is -0.0658. The molecule has 1 saturated heterocycles. The first-order chi connectivity index (χ1) is 9.20. The summed E-state index contributed by atoms with van der Waals surface area (Å²) in [5, 5.41) is 11.3. The van der Waals surface area contributed by atoms with Crippen molar-refractivity contribution in [1.82, 2.24) is 0 Å². The van der Waals surface area contributed by atoms with Gasteiger partial charge in [0.05, 0.1) is 6.61 Å². The van der Waals surface area contributed by atoms with Gasteiger partial charge in [0.1, 0.15) is 0 Å². The molecule has 0 radical (unpaired) electrons. The summed E-state index contributed by atoms with van der Waals surface area (Å²) >= 11 is 0. The molecule has 0 saturated carbocycles. The number of rotatable bonds is 4. The van der Waals surface area contributed by atoms with Gasteiger partial charge < -0.3 is 20.4 Å². The molecule has 0 bridgehead atoms. The molecule has 1 aliphatic rings.